The van der Waals surface area contributed by atoms with Gasteiger partial charge in [0.15, 0.2) is 0 Å². The highest BCUT2D eigenvalue weighted by Gasteiger charge is 2.27. The zero-order valence-corrected chi connectivity index (χ0v) is 9.55. The lowest BCUT2D eigenvalue weighted by atomic mass is 9.93. The molecule has 0 aliphatic heterocycles. The van der Waals surface area contributed by atoms with E-state index < -0.39 is 0 Å². The molecule has 2 aromatic heterocycles. The molecule has 0 amide bonds. The van der Waals surface area contributed by atoms with Crippen LogP contribution in [0.1, 0.15) is 12.8 Å². The standard InChI is InChI=1S/C10H10ClN3S/c11-6-3-7(4-6)13-10-12-5-9-8(14-10)1-2-15-9/h1-2,5-7H,3-4H2,(H,12,13,14). The van der Waals surface area contributed by atoms with Crippen LogP contribution in [0.5, 0.6) is 0 Å². The molecule has 5 heteroatoms. The number of nitrogens with one attached hydrogen (secondary N) is 1. The molecule has 15 heavy (non-hydrogen) atoms. The van der Waals surface area contributed by atoms with Crippen molar-refractivity contribution in [2.75, 3.05) is 5.32 Å². The van der Waals surface area contributed by atoms with Gasteiger partial charge in [-0.1, -0.05) is 0 Å². The van der Waals surface area contributed by atoms with E-state index in [4.69, 9.17) is 11.6 Å². The number of hydrogen-bond acceptors (Lipinski definition) is 4. The van der Waals surface area contributed by atoms with Gasteiger partial charge < -0.3 is 5.32 Å². The summed E-state index contributed by atoms with van der Waals surface area (Å²) in [5.74, 6) is 0.717. The van der Waals surface area contributed by atoms with Crippen LogP contribution in [0, 0.1) is 0 Å². The molecule has 2 heterocycles. The zero-order valence-electron chi connectivity index (χ0n) is 7.98. The molecule has 0 unspecified atom stereocenters. The minimum Gasteiger partial charge on any atom is -0.351 e. The molecule has 3 rings (SSSR count). The van der Waals surface area contributed by atoms with Gasteiger partial charge in [0.25, 0.3) is 0 Å². The van der Waals surface area contributed by atoms with Crippen LogP contribution in [0.2, 0.25) is 0 Å². The van der Waals surface area contributed by atoms with Gasteiger partial charge in [0.1, 0.15) is 0 Å². The first-order chi connectivity index (χ1) is 7.31. The van der Waals surface area contributed by atoms with E-state index in [2.05, 4.69) is 15.3 Å². The summed E-state index contributed by atoms with van der Waals surface area (Å²) in [5, 5.41) is 5.64. The largest absolute Gasteiger partial charge is 0.351 e. The van der Waals surface area contributed by atoms with Gasteiger partial charge >= 0.3 is 0 Å². The Hall–Kier alpha value is -0.870. The molecule has 1 fully saturated rings. The number of anilines is 1. The normalized spacial score (nSPS) is 25.1. The summed E-state index contributed by atoms with van der Waals surface area (Å²) in [6.45, 7) is 0. The van der Waals surface area contributed by atoms with Crippen molar-refractivity contribution < 1.29 is 0 Å². The van der Waals surface area contributed by atoms with Gasteiger partial charge in [0.05, 0.1) is 16.4 Å². The fraction of sp³-hybridized carbons (Fsp3) is 0.400. The van der Waals surface area contributed by atoms with Crippen LogP contribution in [0.4, 0.5) is 5.95 Å². The number of aromatic nitrogens is 2. The van der Waals surface area contributed by atoms with Crippen molar-refractivity contribution in [3.8, 4) is 0 Å². The van der Waals surface area contributed by atoms with Crippen molar-refractivity contribution in [2.45, 2.75) is 24.3 Å². The van der Waals surface area contributed by atoms with Crippen LogP contribution in [0.25, 0.3) is 10.2 Å². The number of nitrogens with zero attached hydrogens (tertiary/aromatic N) is 2. The van der Waals surface area contributed by atoms with Crippen molar-refractivity contribution in [1.82, 2.24) is 9.97 Å². The Morgan fingerprint density at radius 3 is 3.13 bits per heavy atom. The van der Waals surface area contributed by atoms with E-state index in [0.717, 1.165) is 29.0 Å². The molecule has 3 nitrogen and oxygen atoms in total. The lowest BCUT2D eigenvalue weighted by Crippen LogP contribution is -2.36. The monoisotopic (exact) mass is 239 g/mol. The third-order valence-corrected chi connectivity index (χ3v) is 3.81. The molecular weight excluding hydrogens is 230 g/mol. The molecule has 0 radical (unpaired) electrons. The predicted molar refractivity (Wildman–Crippen MR) is 63.7 cm³/mol. The minimum atomic E-state index is 0.326. The van der Waals surface area contributed by atoms with Crippen LogP contribution in [0.15, 0.2) is 17.6 Å². The van der Waals surface area contributed by atoms with Gasteiger partial charge in [0.2, 0.25) is 5.95 Å². The average Bonchev–Trinajstić information content (AvgIpc) is 2.62. The van der Waals surface area contributed by atoms with Gasteiger partial charge in [-0.15, -0.1) is 22.9 Å². The smallest absolute Gasteiger partial charge is 0.223 e. The number of alkyl halides is 1. The van der Waals surface area contributed by atoms with Crippen LogP contribution < -0.4 is 5.32 Å². The zero-order chi connectivity index (χ0) is 10.3. The first-order valence-corrected chi connectivity index (χ1v) is 6.24. The highest BCUT2D eigenvalue weighted by atomic mass is 35.5. The SMILES string of the molecule is ClC1CC(Nc2ncc3sccc3n2)C1. The fourth-order valence-corrected chi connectivity index (χ4v) is 2.81. The molecule has 1 aliphatic carbocycles. The Morgan fingerprint density at radius 2 is 2.33 bits per heavy atom. The number of rotatable bonds is 2. The van der Waals surface area contributed by atoms with E-state index in [1.54, 1.807) is 11.3 Å². The third kappa shape index (κ3) is 1.79. The van der Waals surface area contributed by atoms with Crippen molar-refractivity contribution in [1.29, 1.82) is 0 Å². The number of hydrogen-bond donors (Lipinski definition) is 1. The Bertz CT molecular complexity index is 478. The minimum absolute atomic E-state index is 0.326. The number of halogens is 1. The molecule has 78 valence electrons. The highest BCUT2D eigenvalue weighted by molar-refractivity contribution is 7.17. The third-order valence-electron chi connectivity index (χ3n) is 2.62. The summed E-state index contributed by atoms with van der Waals surface area (Å²) >= 11 is 7.57. The highest BCUT2D eigenvalue weighted by Crippen LogP contribution is 2.28. The summed E-state index contributed by atoms with van der Waals surface area (Å²) in [7, 11) is 0. The van der Waals surface area contributed by atoms with Crippen LogP contribution in [0.3, 0.4) is 0 Å². The maximum absolute atomic E-state index is 5.91. The predicted octanol–water partition coefficient (Wildman–Crippen LogP) is 2.87. The van der Waals surface area contributed by atoms with Crippen molar-refractivity contribution in [3.05, 3.63) is 17.6 Å². The maximum atomic E-state index is 5.91. The first kappa shape index (κ1) is 9.36. The van der Waals surface area contributed by atoms with Crippen LogP contribution >= 0.6 is 22.9 Å². The first-order valence-electron chi connectivity index (χ1n) is 4.92. The fourth-order valence-electron chi connectivity index (χ4n) is 1.68. The lowest BCUT2D eigenvalue weighted by Gasteiger charge is -2.31. The Labute approximate surface area is 96.5 Å². The van der Waals surface area contributed by atoms with Crippen molar-refractivity contribution in [3.63, 3.8) is 0 Å². The van der Waals surface area contributed by atoms with Gasteiger partial charge in [-0.25, -0.2) is 9.97 Å². The summed E-state index contributed by atoms with van der Waals surface area (Å²) in [4.78, 5) is 8.70. The van der Waals surface area contributed by atoms with Gasteiger partial charge in [-0.2, -0.15) is 0 Å². The second kappa shape index (κ2) is 3.61. The summed E-state index contributed by atoms with van der Waals surface area (Å²) in [6, 6.07) is 2.46. The van der Waals surface area contributed by atoms with E-state index in [0.29, 0.717) is 11.4 Å². The van der Waals surface area contributed by atoms with Crippen molar-refractivity contribution in [2.24, 2.45) is 0 Å². The van der Waals surface area contributed by atoms with Gasteiger partial charge in [0, 0.05) is 11.4 Å². The molecule has 0 bridgehead atoms. The van der Waals surface area contributed by atoms with E-state index in [1.807, 2.05) is 17.6 Å². The topological polar surface area (TPSA) is 37.8 Å². The van der Waals surface area contributed by atoms with Gasteiger partial charge in [-0.05, 0) is 24.3 Å². The van der Waals surface area contributed by atoms with Crippen molar-refractivity contribution >= 4 is 39.1 Å². The molecule has 2 aromatic rings. The Morgan fingerprint density at radius 1 is 1.47 bits per heavy atom. The summed E-state index contributed by atoms with van der Waals surface area (Å²) < 4.78 is 1.13. The molecular formula is C10H10ClN3S. The second-order valence-corrected chi connectivity index (χ2v) is 5.34. The van der Waals surface area contributed by atoms with Gasteiger partial charge in [-0.3, -0.25) is 0 Å². The van der Waals surface area contributed by atoms with Crippen LogP contribution in [-0.2, 0) is 0 Å². The average molecular weight is 240 g/mol. The molecule has 0 atom stereocenters. The van der Waals surface area contributed by atoms with E-state index >= 15 is 0 Å². The molecule has 1 saturated carbocycles. The Kier molecular flexibility index (Phi) is 2.25. The summed E-state index contributed by atoms with van der Waals surface area (Å²) in [6.07, 6.45) is 3.88. The molecule has 1 aliphatic rings. The molecule has 0 spiro atoms. The lowest BCUT2D eigenvalue weighted by molar-refractivity contribution is 0.452. The van der Waals surface area contributed by atoms with E-state index in [-0.39, 0.29) is 0 Å². The number of fused-ring (bicyclic) bond motifs is 1. The Balaban J connectivity index is 1.79. The maximum Gasteiger partial charge on any atom is 0.223 e. The van der Waals surface area contributed by atoms with E-state index in [9.17, 15) is 0 Å². The number of thiophene rings is 1. The summed E-state index contributed by atoms with van der Waals surface area (Å²) in [5.41, 5.74) is 1.01. The molecule has 0 aromatic carbocycles. The second-order valence-electron chi connectivity index (χ2n) is 3.77. The molecule has 0 saturated heterocycles. The quantitative estimate of drug-likeness (QED) is 0.819. The van der Waals surface area contributed by atoms with Crippen LogP contribution in [-0.4, -0.2) is 21.4 Å². The molecule has 1 N–H and O–H groups in total. The van der Waals surface area contributed by atoms with E-state index in [1.165, 1.54) is 0 Å².